The van der Waals surface area contributed by atoms with Gasteiger partial charge in [-0.1, -0.05) is 0 Å². The van der Waals surface area contributed by atoms with Crippen molar-refractivity contribution in [1.82, 2.24) is 4.98 Å². The molecule has 1 aromatic carbocycles. The maximum absolute atomic E-state index is 12.2. The van der Waals surface area contributed by atoms with Gasteiger partial charge in [0.15, 0.2) is 10.8 Å². The van der Waals surface area contributed by atoms with Gasteiger partial charge in [0.1, 0.15) is 11.3 Å². The maximum Gasteiger partial charge on any atom is 0.357 e. The van der Waals surface area contributed by atoms with Crippen LogP contribution in [-0.2, 0) is 16.0 Å². The Hall–Kier alpha value is -2.87. The molecule has 130 valence electrons. The largest absolute Gasteiger partial charge is 0.497 e. The highest BCUT2D eigenvalue weighted by Crippen LogP contribution is 2.26. The molecule has 0 atom stereocenters. The summed E-state index contributed by atoms with van der Waals surface area (Å²) in [5.74, 6) is -0.0653. The third-order valence-corrected chi connectivity index (χ3v) is 4.21. The monoisotopic (exact) mass is 360 g/mol. The fraction of sp³-hybridized carbons (Fsp3) is 0.235. The number of anilines is 1. The summed E-state index contributed by atoms with van der Waals surface area (Å²) in [7, 11) is 1.58. The van der Waals surface area contributed by atoms with Gasteiger partial charge in [-0.3, -0.25) is 4.79 Å². The summed E-state index contributed by atoms with van der Waals surface area (Å²) in [4.78, 5) is 27.9. The molecule has 25 heavy (non-hydrogen) atoms. The second kappa shape index (κ2) is 7.35. The van der Waals surface area contributed by atoms with Gasteiger partial charge in [-0.05, 0) is 19.1 Å². The number of hydrogen-bond donors (Lipinski definition) is 1. The Balaban J connectivity index is 1.68. The molecule has 0 saturated heterocycles. The van der Waals surface area contributed by atoms with Crippen molar-refractivity contribution in [1.29, 1.82) is 0 Å². The maximum atomic E-state index is 12.2. The Kier molecular flexibility index (Phi) is 4.99. The van der Waals surface area contributed by atoms with E-state index < -0.39 is 5.97 Å². The lowest BCUT2D eigenvalue weighted by Crippen LogP contribution is -2.14. The van der Waals surface area contributed by atoms with Crippen LogP contribution in [0.1, 0.15) is 23.0 Å². The molecule has 2 heterocycles. The van der Waals surface area contributed by atoms with Gasteiger partial charge in [-0.2, -0.15) is 0 Å². The summed E-state index contributed by atoms with van der Waals surface area (Å²) in [6.07, 6.45) is 1.68. The molecule has 0 fully saturated rings. The van der Waals surface area contributed by atoms with Crippen LogP contribution in [0.15, 0.2) is 34.3 Å². The minimum absolute atomic E-state index is 0.133. The van der Waals surface area contributed by atoms with Crippen molar-refractivity contribution in [2.24, 2.45) is 0 Å². The molecular formula is C17H16N2O5S. The molecule has 3 rings (SSSR count). The third-order valence-electron chi connectivity index (χ3n) is 3.45. The summed E-state index contributed by atoms with van der Waals surface area (Å²) < 4.78 is 15.5. The number of esters is 1. The lowest BCUT2D eigenvalue weighted by atomic mass is 10.1. The van der Waals surface area contributed by atoms with Gasteiger partial charge in [-0.25, -0.2) is 9.78 Å². The number of hydrogen-bond acceptors (Lipinski definition) is 7. The molecule has 1 N–H and O–H groups in total. The van der Waals surface area contributed by atoms with Crippen LogP contribution < -0.4 is 10.1 Å². The minimum atomic E-state index is -0.506. The number of furan rings is 1. The van der Waals surface area contributed by atoms with Gasteiger partial charge >= 0.3 is 5.97 Å². The number of fused-ring (bicyclic) bond motifs is 1. The van der Waals surface area contributed by atoms with Crippen molar-refractivity contribution in [3.05, 3.63) is 41.1 Å². The van der Waals surface area contributed by atoms with E-state index in [1.807, 2.05) is 12.1 Å². The van der Waals surface area contributed by atoms with Gasteiger partial charge in [-0.15, -0.1) is 11.3 Å². The van der Waals surface area contributed by atoms with E-state index in [-0.39, 0.29) is 24.6 Å². The topological polar surface area (TPSA) is 90.7 Å². The zero-order valence-corrected chi connectivity index (χ0v) is 14.5. The lowest BCUT2D eigenvalue weighted by Gasteiger charge is -2.01. The zero-order valence-electron chi connectivity index (χ0n) is 13.7. The molecule has 0 aliphatic carbocycles. The average Bonchev–Trinajstić information content (AvgIpc) is 3.22. The van der Waals surface area contributed by atoms with E-state index in [0.717, 1.165) is 10.9 Å². The van der Waals surface area contributed by atoms with Crippen molar-refractivity contribution in [3.63, 3.8) is 0 Å². The number of methoxy groups -OCH3 is 1. The van der Waals surface area contributed by atoms with Gasteiger partial charge in [0.2, 0.25) is 5.91 Å². The normalized spacial score (nSPS) is 10.6. The summed E-state index contributed by atoms with van der Waals surface area (Å²) in [5.41, 5.74) is 1.60. The SMILES string of the molecule is CCOC(=O)c1csc(NC(=O)Cc2coc3cc(OC)ccc23)n1. The first-order valence-electron chi connectivity index (χ1n) is 7.57. The number of nitrogens with one attached hydrogen (secondary N) is 1. The van der Waals surface area contributed by atoms with Crippen LogP contribution in [0.5, 0.6) is 5.75 Å². The Morgan fingerprint density at radius 1 is 1.36 bits per heavy atom. The van der Waals surface area contributed by atoms with E-state index >= 15 is 0 Å². The summed E-state index contributed by atoms with van der Waals surface area (Å²) in [6, 6.07) is 5.43. The van der Waals surface area contributed by atoms with Crippen LogP contribution in [0.3, 0.4) is 0 Å². The quantitative estimate of drug-likeness (QED) is 0.679. The Labute approximate surface area is 147 Å². The number of rotatable bonds is 6. The lowest BCUT2D eigenvalue weighted by molar-refractivity contribution is -0.115. The molecule has 2 aromatic heterocycles. The molecule has 0 unspecified atom stereocenters. The standard InChI is InChI=1S/C17H16N2O5S/c1-3-23-16(21)13-9-25-17(18-13)19-15(20)6-10-8-24-14-7-11(22-2)4-5-12(10)14/h4-5,7-9H,3,6H2,1-2H3,(H,18,19,20). The predicted octanol–water partition coefficient (Wildman–Crippen LogP) is 3.26. The number of amides is 1. The van der Waals surface area contributed by atoms with Crippen molar-refractivity contribution in [2.45, 2.75) is 13.3 Å². The number of nitrogens with zero attached hydrogens (tertiary/aromatic N) is 1. The first-order chi connectivity index (χ1) is 12.1. The summed E-state index contributed by atoms with van der Waals surface area (Å²) >= 11 is 1.17. The minimum Gasteiger partial charge on any atom is -0.497 e. The second-order valence-corrected chi connectivity index (χ2v) is 5.96. The van der Waals surface area contributed by atoms with Crippen molar-refractivity contribution in [3.8, 4) is 5.75 Å². The molecular weight excluding hydrogens is 344 g/mol. The van der Waals surface area contributed by atoms with Crippen LogP contribution in [0.25, 0.3) is 11.0 Å². The molecule has 0 bridgehead atoms. The molecule has 0 saturated carbocycles. The molecule has 1 amide bonds. The van der Waals surface area contributed by atoms with Crippen molar-refractivity contribution in [2.75, 3.05) is 19.0 Å². The highest BCUT2D eigenvalue weighted by molar-refractivity contribution is 7.14. The third kappa shape index (κ3) is 3.80. The first-order valence-corrected chi connectivity index (χ1v) is 8.45. The molecule has 3 aromatic rings. The molecule has 0 aliphatic rings. The first kappa shape index (κ1) is 17.0. The van der Waals surface area contributed by atoms with E-state index in [1.165, 1.54) is 11.3 Å². The van der Waals surface area contributed by atoms with Crippen LogP contribution in [0.4, 0.5) is 5.13 Å². The fourth-order valence-electron chi connectivity index (χ4n) is 2.29. The average molecular weight is 360 g/mol. The van der Waals surface area contributed by atoms with Gasteiger partial charge in [0, 0.05) is 22.4 Å². The molecule has 0 radical (unpaired) electrons. The molecule has 7 nitrogen and oxygen atoms in total. The predicted molar refractivity (Wildman–Crippen MR) is 93.2 cm³/mol. The van der Waals surface area contributed by atoms with Crippen molar-refractivity contribution < 1.29 is 23.5 Å². The Bertz CT molecular complexity index is 915. The van der Waals surface area contributed by atoms with Crippen LogP contribution in [0.2, 0.25) is 0 Å². The number of carbonyl (C=O) groups is 2. The number of thiazole rings is 1. The molecule has 0 aliphatic heterocycles. The van der Waals surface area contributed by atoms with Crippen LogP contribution >= 0.6 is 11.3 Å². The van der Waals surface area contributed by atoms with E-state index in [2.05, 4.69) is 10.3 Å². The van der Waals surface area contributed by atoms with Crippen LogP contribution in [0, 0.1) is 0 Å². The smallest absolute Gasteiger partial charge is 0.357 e. The number of ether oxygens (including phenoxy) is 2. The van der Waals surface area contributed by atoms with E-state index in [0.29, 0.717) is 16.5 Å². The highest BCUT2D eigenvalue weighted by Gasteiger charge is 2.15. The van der Waals surface area contributed by atoms with Crippen molar-refractivity contribution >= 4 is 39.3 Å². The number of benzene rings is 1. The van der Waals surface area contributed by atoms with E-state index in [4.69, 9.17) is 13.9 Å². The molecule has 0 spiro atoms. The van der Waals surface area contributed by atoms with Gasteiger partial charge in [0.25, 0.3) is 0 Å². The summed E-state index contributed by atoms with van der Waals surface area (Å²) in [5, 5.41) is 5.43. The number of aromatic nitrogens is 1. The molecule has 8 heteroatoms. The van der Waals surface area contributed by atoms with Crippen LogP contribution in [-0.4, -0.2) is 30.6 Å². The van der Waals surface area contributed by atoms with Gasteiger partial charge < -0.3 is 19.2 Å². The number of carbonyl (C=O) groups excluding carboxylic acids is 2. The van der Waals surface area contributed by atoms with E-state index in [1.54, 1.807) is 31.7 Å². The Morgan fingerprint density at radius 2 is 2.20 bits per heavy atom. The fourth-order valence-corrected chi connectivity index (χ4v) is 2.99. The second-order valence-electron chi connectivity index (χ2n) is 5.11. The highest BCUT2D eigenvalue weighted by atomic mass is 32.1. The van der Waals surface area contributed by atoms with E-state index in [9.17, 15) is 9.59 Å². The Morgan fingerprint density at radius 3 is 2.96 bits per heavy atom. The zero-order chi connectivity index (χ0) is 17.8. The summed E-state index contributed by atoms with van der Waals surface area (Å²) in [6.45, 7) is 1.99. The van der Waals surface area contributed by atoms with Gasteiger partial charge in [0.05, 0.1) is 26.4 Å².